The molecule has 1 aromatic heterocycles. The highest BCUT2D eigenvalue weighted by atomic mass is 35.5. The van der Waals surface area contributed by atoms with Gasteiger partial charge in [-0.15, -0.1) is 11.3 Å². The first-order chi connectivity index (χ1) is 12.5. The van der Waals surface area contributed by atoms with Crippen LogP contribution in [0, 0.1) is 12.7 Å². The zero-order chi connectivity index (χ0) is 18.5. The van der Waals surface area contributed by atoms with Crippen molar-refractivity contribution in [3.63, 3.8) is 0 Å². The van der Waals surface area contributed by atoms with Crippen molar-refractivity contribution in [2.24, 2.45) is 0 Å². The van der Waals surface area contributed by atoms with Crippen LogP contribution in [-0.2, 0) is 11.2 Å². The summed E-state index contributed by atoms with van der Waals surface area (Å²) >= 11 is 7.20. The van der Waals surface area contributed by atoms with E-state index in [9.17, 15) is 9.18 Å². The molecule has 0 radical (unpaired) electrons. The topological polar surface area (TPSA) is 51.2 Å². The van der Waals surface area contributed by atoms with Gasteiger partial charge in [0.2, 0.25) is 0 Å². The van der Waals surface area contributed by atoms with E-state index in [0.29, 0.717) is 22.3 Å². The molecule has 4 nitrogen and oxygen atoms in total. The third kappa shape index (κ3) is 5.03. The van der Waals surface area contributed by atoms with Crippen LogP contribution < -0.4 is 10.1 Å². The fourth-order valence-electron chi connectivity index (χ4n) is 2.27. The Hall–Kier alpha value is -2.44. The minimum absolute atomic E-state index is 0.118. The summed E-state index contributed by atoms with van der Waals surface area (Å²) in [5.41, 5.74) is 1.83. The maximum atomic E-state index is 13.0. The number of aromatic nitrogens is 1. The number of carbonyl (C=O) groups excluding carboxylic acids is 1. The molecular weight excluding hydrogens is 375 g/mol. The fourth-order valence-corrected chi connectivity index (χ4v) is 3.41. The van der Waals surface area contributed by atoms with Crippen LogP contribution in [0.1, 0.15) is 16.1 Å². The van der Waals surface area contributed by atoms with E-state index in [0.717, 1.165) is 16.1 Å². The number of hydrogen-bond donors (Lipinski definition) is 1. The predicted octanol–water partition coefficient (Wildman–Crippen LogP) is 4.85. The predicted molar refractivity (Wildman–Crippen MR) is 102 cm³/mol. The van der Waals surface area contributed by atoms with Crippen LogP contribution in [0.15, 0.2) is 48.5 Å². The first-order valence-corrected chi connectivity index (χ1v) is 9.08. The van der Waals surface area contributed by atoms with E-state index < -0.39 is 0 Å². The number of rotatable bonds is 6. The molecule has 1 N–H and O–H groups in total. The van der Waals surface area contributed by atoms with Gasteiger partial charge in [0.25, 0.3) is 5.91 Å². The Morgan fingerprint density at radius 2 is 1.88 bits per heavy atom. The SMILES string of the molecule is Cc1nc(NC(=O)COc2ccc(Cl)cc2)sc1Cc1ccc(F)cc1. The first kappa shape index (κ1) is 18.4. The van der Waals surface area contributed by atoms with Crippen LogP contribution in [0.4, 0.5) is 9.52 Å². The van der Waals surface area contributed by atoms with E-state index in [4.69, 9.17) is 16.3 Å². The molecular formula is C19H16ClFN2O2S. The van der Waals surface area contributed by atoms with Gasteiger partial charge in [0.15, 0.2) is 11.7 Å². The summed E-state index contributed by atoms with van der Waals surface area (Å²) < 4.78 is 18.4. The van der Waals surface area contributed by atoms with Gasteiger partial charge in [-0.1, -0.05) is 23.7 Å². The lowest BCUT2D eigenvalue weighted by Gasteiger charge is -2.05. The molecule has 26 heavy (non-hydrogen) atoms. The molecule has 0 aliphatic rings. The first-order valence-electron chi connectivity index (χ1n) is 7.88. The average molecular weight is 391 g/mol. The van der Waals surface area contributed by atoms with Crippen molar-refractivity contribution >= 4 is 34.0 Å². The van der Waals surface area contributed by atoms with Crippen LogP contribution in [0.5, 0.6) is 5.75 Å². The maximum Gasteiger partial charge on any atom is 0.264 e. The van der Waals surface area contributed by atoms with Gasteiger partial charge in [-0.2, -0.15) is 0 Å². The van der Waals surface area contributed by atoms with Crippen molar-refractivity contribution in [1.29, 1.82) is 0 Å². The number of aryl methyl sites for hydroxylation is 1. The van der Waals surface area contributed by atoms with Crippen LogP contribution >= 0.6 is 22.9 Å². The second-order valence-corrected chi connectivity index (χ2v) is 7.14. The van der Waals surface area contributed by atoms with E-state index >= 15 is 0 Å². The number of carbonyl (C=O) groups is 1. The van der Waals surface area contributed by atoms with Gasteiger partial charge < -0.3 is 4.74 Å². The molecule has 7 heteroatoms. The summed E-state index contributed by atoms with van der Waals surface area (Å²) in [7, 11) is 0. The molecule has 3 rings (SSSR count). The number of halogens is 2. The van der Waals surface area contributed by atoms with E-state index in [1.54, 1.807) is 36.4 Å². The van der Waals surface area contributed by atoms with Gasteiger partial charge in [0, 0.05) is 16.3 Å². The Kier molecular flexibility index (Phi) is 5.85. The molecule has 0 saturated heterocycles. The highest BCUT2D eigenvalue weighted by Crippen LogP contribution is 2.25. The van der Waals surface area contributed by atoms with Crippen molar-refractivity contribution < 1.29 is 13.9 Å². The monoisotopic (exact) mass is 390 g/mol. The highest BCUT2D eigenvalue weighted by molar-refractivity contribution is 7.15. The Morgan fingerprint density at radius 3 is 2.58 bits per heavy atom. The molecule has 0 unspecified atom stereocenters. The second-order valence-electron chi connectivity index (χ2n) is 5.62. The Balaban J connectivity index is 1.57. The van der Waals surface area contributed by atoms with Crippen LogP contribution in [0.25, 0.3) is 0 Å². The number of hydrogen-bond acceptors (Lipinski definition) is 4. The molecule has 0 saturated carbocycles. The van der Waals surface area contributed by atoms with Crippen molar-refractivity contribution in [3.8, 4) is 5.75 Å². The van der Waals surface area contributed by atoms with Crippen LogP contribution in [0.3, 0.4) is 0 Å². The summed E-state index contributed by atoms with van der Waals surface area (Å²) in [6.07, 6.45) is 0.640. The standard InChI is InChI=1S/C19H16ClFN2O2S/c1-12-17(10-13-2-6-15(21)7-3-13)26-19(22-12)23-18(24)11-25-16-8-4-14(20)5-9-16/h2-9H,10-11H2,1H3,(H,22,23,24). The second kappa shape index (κ2) is 8.29. The third-order valence-corrected chi connectivity index (χ3v) is 4.93. The maximum absolute atomic E-state index is 13.0. The van der Waals surface area contributed by atoms with E-state index in [-0.39, 0.29) is 18.3 Å². The number of thiazole rings is 1. The quantitative estimate of drug-likeness (QED) is 0.654. The Labute approximate surface area is 159 Å². The van der Waals surface area contributed by atoms with Gasteiger partial charge in [0.1, 0.15) is 11.6 Å². The molecule has 0 fully saturated rings. The summed E-state index contributed by atoms with van der Waals surface area (Å²) in [6.45, 7) is 1.77. The number of amides is 1. The molecule has 0 atom stereocenters. The van der Waals surface area contributed by atoms with Crippen LogP contribution in [0.2, 0.25) is 5.02 Å². The summed E-state index contributed by atoms with van der Waals surface area (Å²) in [5, 5.41) is 3.86. The van der Waals surface area contributed by atoms with E-state index in [1.807, 2.05) is 6.92 Å². The van der Waals surface area contributed by atoms with Crippen molar-refractivity contribution in [1.82, 2.24) is 4.98 Å². The lowest BCUT2D eigenvalue weighted by molar-refractivity contribution is -0.118. The smallest absolute Gasteiger partial charge is 0.264 e. The number of benzene rings is 2. The molecule has 1 amide bonds. The number of ether oxygens (including phenoxy) is 1. The lowest BCUT2D eigenvalue weighted by Crippen LogP contribution is -2.20. The molecule has 2 aromatic carbocycles. The van der Waals surface area contributed by atoms with Crippen molar-refractivity contribution in [3.05, 3.63) is 75.5 Å². The largest absolute Gasteiger partial charge is 0.484 e. The zero-order valence-corrected chi connectivity index (χ0v) is 15.5. The van der Waals surface area contributed by atoms with E-state index in [2.05, 4.69) is 10.3 Å². The number of nitrogens with zero attached hydrogens (tertiary/aromatic N) is 1. The van der Waals surface area contributed by atoms with E-state index in [1.165, 1.54) is 23.5 Å². The molecule has 1 heterocycles. The molecule has 0 aliphatic carbocycles. The Morgan fingerprint density at radius 1 is 1.19 bits per heavy atom. The normalized spacial score (nSPS) is 10.6. The fraction of sp³-hybridized carbons (Fsp3) is 0.158. The molecule has 3 aromatic rings. The Bertz CT molecular complexity index is 895. The summed E-state index contributed by atoms with van der Waals surface area (Å²) in [4.78, 5) is 17.4. The van der Waals surface area contributed by atoms with Gasteiger partial charge >= 0.3 is 0 Å². The van der Waals surface area contributed by atoms with Gasteiger partial charge in [-0.3, -0.25) is 10.1 Å². The molecule has 0 spiro atoms. The zero-order valence-electron chi connectivity index (χ0n) is 14.0. The highest BCUT2D eigenvalue weighted by Gasteiger charge is 2.11. The number of anilines is 1. The van der Waals surface area contributed by atoms with Crippen molar-refractivity contribution in [2.45, 2.75) is 13.3 Å². The molecule has 0 aliphatic heterocycles. The lowest BCUT2D eigenvalue weighted by atomic mass is 10.1. The van der Waals surface area contributed by atoms with Crippen molar-refractivity contribution in [2.75, 3.05) is 11.9 Å². The third-order valence-electron chi connectivity index (χ3n) is 3.60. The molecule has 134 valence electrons. The average Bonchev–Trinajstić information content (AvgIpc) is 2.95. The van der Waals surface area contributed by atoms with Gasteiger partial charge in [0.05, 0.1) is 5.69 Å². The summed E-state index contributed by atoms with van der Waals surface area (Å²) in [5.74, 6) is 0.0160. The number of nitrogens with one attached hydrogen (secondary N) is 1. The minimum Gasteiger partial charge on any atom is -0.484 e. The van der Waals surface area contributed by atoms with Gasteiger partial charge in [-0.05, 0) is 48.9 Å². The molecule has 0 bridgehead atoms. The summed E-state index contributed by atoms with van der Waals surface area (Å²) in [6, 6.07) is 13.1. The van der Waals surface area contributed by atoms with Crippen LogP contribution in [-0.4, -0.2) is 17.5 Å². The van der Waals surface area contributed by atoms with Gasteiger partial charge in [-0.25, -0.2) is 9.37 Å². The minimum atomic E-state index is -0.290.